The van der Waals surface area contributed by atoms with Crippen molar-refractivity contribution in [3.63, 3.8) is 0 Å². The summed E-state index contributed by atoms with van der Waals surface area (Å²) in [6, 6.07) is 0. The summed E-state index contributed by atoms with van der Waals surface area (Å²) >= 11 is 0. The van der Waals surface area contributed by atoms with Gasteiger partial charge in [-0.3, -0.25) is 4.90 Å². The Kier molecular flexibility index (Phi) is 5.31. The molecule has 0 atom stereocenters. The summed E-state index contributed by atoms with van der Waals surface area (Å²) in [6.45, 7) is 17.5. The Hall–Kier alpha value is -0.300. The lowest BCUT2D eigenvalue weighted by atomic mass is 10.0. The normalized spacial score (nSPS) is 12.2. The molecule has 0 bridgehead atoms. The SMILES string of the molecule is C=C(C)CCN(CCC)C(C)(C)C. The van der Waals surface area contributed by atoms with Crippen LogP contribution in [0.15, 0.2) is 12.2 Å². The van der Waals surface area contributed by atoms with E-state index in [2.05, 4.69) is 46.1 Å². The van der Waals surface area contributed by atoms with Crippen LogP contribution in [0.1, 0.15) is 47.5 Å². The topological polar surface area (TPSA) is 3.24 Å². The highest BCUT2D eigenvalue weighted by atomic mass is 15.2. The van der Waals surface area contributed by atoms with Crippen LogP contribution in [-0.2, 0) is 0 Å². The molecule has 0 aliphatic rings. The maximum absolute atomic E-state index is 3.94. The maximum Gasteiger partial charge on any atom is 0.0125 e. The van der Waals surface area contributed by atoms with Crippen molar-refractivity contribution >= 4 is 0 Å². The molecule has 0 aliphatic heterocycles. The summed E-state index contributed by atoms with van der Waals surface area (Å²) in [5.41, 5.74) is 1.58. The van der Waals surface area contributed by atoms with Crippen molar-refractivity contribution in [2.24, 2.45) is 0 Å². The minimum atomic E-state index is 0.297. The Morgan fingerprint density at radius 2 is 1.77 bits per heavy atom. The predicted molar refractivity (Wildman–Crippen MR) is 61.0 cm³/mol. The van der Waals surface area contributed by atoms with Gasteiger partial charge in [-0.15, -0.1) is 6.58 Å². The second-order valence-electron chi connectivity index (χ2n) is 4.86. The van der Waals surface area contributed by atoms with E-state index in [0.717, 1.165) is 13.0 Å². The van der Waals surface area contributed by atoms with Gasteiger partial charge in [-0.2, -0.15) is 0 Å². The third-order valence-electron chi connectivity index (χ3n) is 2.25. The van der Waals surface area contributed by atoms with Gasteiger partial charge in [0.05, 0.1) is 0 Å². The fourth-order valence-electron chi connectivity index (χ4n) is 1.38. The first kappa shape index (κ1) is 12.7. The van der Waals surface area contributed by atoms with E-state index in [0.29, 0.717) is 5.54 Å². The monoisotopic (exact) mass is 183 g/mol. The van der Waals surface area contributed by atoms with E-state index < -0.39 is 0 Å². The fourth-order valence-corrected chi connectivity index (χ4v) is 1.38. The first-order valence-corrected chi connectivity index (χ1v) is 5.27. The van der Waals surface area contributed by atoms with E-state index >= 15 is 0 Å². The molecule has 1 nitrogen and oxygen atoms in total. The highest BCUT2D eigenvalue weighted by Gasteiger charge is 2.19. The molecule has 0 aromatic rings. The van der Waals surface area contributed by atoms with Gasteiger partial charge in [0.1, 0.15) is 0 Å². The van der Waals surface area contributed by atoms with Crippen molar-refractivity contribution in [2.75, 3.05) is 13.1 Å². The molecule has 1 heteroatoms. The number of hydrogen-bond donors (Lipinski definition) is 0. The number of rotatable bonds is 5. The van der Waals surface area contributed by atoms with E-state index in [-0.39, 0.29) is 0 Å². The van der Waals surface area contributed by atoms with Gasteiger partial charge in [-0.25, -0.2) is 0 Å². The maximum atomic E-state index is 3.94. The van der Waals surface area contributed by atoms with E-state index in [9.17, 15) is 0 Å². The van der Waals surface area contributed by atoms with Crippen LogP contribution >= 0.6 is 0 Å². The zero-order valence-corrected chi connectivity index (χ0v) is 9.98. The van der Waals surface area contributed by atoms with Gasteiger partial charge in [0.2, 0.25) is 0 Å². The van der Waals surface area contributed by atoms with E-state index in [4.69, 9.17) is 0 Å². The van der Waals surface area contributed by atoms with E-state index in [1.54, 1.807) is 0 Å². The van der Waals surface area contributed by atoms with E-state index in [1.807, 2.05) is 0 Å². The lowest BCUT2D eigenvalue weighted by Crippen LogP contribution is -2.42. The van der Waals surface area contributed by atoms with Crippen LogP contribution in [0.4, 0.5) is 0 Å². The van der Waals surface area contributed by atoms with Gasteiger partial charge >= 0.3 is 0 Å². The summed E-state index contributed by atoms with van der Waals surface area (Å²) in [7, 11) is 0. The molecule has 0 N–H and O–H groups in total. The number of nitrogens with zero attached hydrogens (tertiary/aromatic N) is 1. The van der Waals surface area contributed by atoms with Gasteiger partial charge in [0.25, 0.3) is 0 Å². The second-order valence-corrected chi connectivity index (χ2v) is 4.86. The fraction of sp³-hybridized carbons (Fsp3) is 0.833. The third kappa shape index (κ3) is 5.87. The molecule has 0 saturated carbocycles. The average molecular weight is 183 g/mol. The molecule has 0 amide bonds. The van der Waals surface area contributed by atoms with Crippen molar-refractivity contribution in [1.29, 1.82) is 0 Å². The summed E-state index contributed by atoms with van der Waals surface area (Å²) in [5.74, 6) is 0. The highest BCUT2D eigenvalue weighted by molar-refractivity contribution is 4.90. The van der Waals surface area contributed by atoms with Crippen LogP contribution < -0.4 is 0 Å². The summed E-state index contributed by atoms with van der Waals surface area (Å²) in [4.78, 5) is 2.53. The standard InChI is InChI=1S/C12H25N/c1-7-9-13(12(4,5)6)10-8-11(2)3/h2,7-10H2,1,3-6H3. The molecule has 0 aromatic carbocycles. The van der Waals surface area contributed by atoms with E-state index in [1.165, 1.54) is 18.5 Å². The largest absolute Gasteiger partial charge is 0.298 e. The summed E-state index contributed by atoms with van der Waals surface area (Å²) in [6.07, 6.45) is 2.35. The molecular weight excluding hydrogens is 158 g/mol. The smallest absolute Gasteiger partial charge is 0.0125 e. The van der Waals surface area contributed by atoms with Crippen molar-refractivity contribution in [3.05, 3.63) is 12.2 Å². The minimum absolute atomic E-state index is 0.297. The Labute approximate surface area is 83.8 Å². The van der Waals surface area contributed by atoms with Crippen LogP contribution in [0.25, 0.3) is 0 Å². The molecule has 13 heavy (non-hydrogen) atoms. The molecule has 0 unspecified atom stereocenters. The summed E-state index contributed by atoms with van der Waals surface area (Å²) < 4.78 is 0. The van der Waals surface area contributed by atoms with Crippen LogP contribution in [0.3, 0.4) is 0 Å². The Bertz CT molecular complexity index is 153. The zero-order chi connectivity index (χ0) is 10.5. The Morgan fingerprint density at radius 1 is 1.23 bits per heavy atom. The molecule has 0 fully saturated rings. The average Bonchev–Trinajstić information content (AvgIpc) is 1.95. The van der Waals surface area contributed by atoms with Crippen LogP contribution in [0.2, 0.25) is 0 Å². The highest BCUT2D eigenvalue weighted by Crippen LogP contribution is 2.15. The molecular formula is C12H25N. The first-order chi connectivity index (χ1) is 5.88. The Balaban J connectivity index is 4.02. The molecule has 0 saturated heterocycles. The second kappa shape index (κ2) is 5.43. The van der Waals surface area contributed by atoms with Gasteiger partial charge in [0.15, 0.2) is 0 Å². The molecule has 0 spiro atoms. The lowest BCUT2D eigenvalue weighted by Gasteiger charge is -2.35. The van der Waals surface area contributed by atoms with Crippen molar-refractivity contribution in [2.45, 2.75) is 53.0 Å². The molecule has 0 aromatic heterocycles. The van der Waals surface area contributed by atoms with Crippen LogP contribution in [0, 0.1) is 0 Å². The number of hydrogen-bond acceptors (Lipinski definition) is 1. The predicted octanol–water partition coefficient (Wildman–Crippen LogP) is 3.46. The molecule has 0 radical (unpaired) electrons. The van der Waals surface area contributed by atoms with Crippen molar-refractivity contribution in [3.8, 4) is 0 Å². The zero-order valence-electron chi connectivity index (χ0n) is 9.98. The molecule has 0 rings (SSSR count). The Morgan fingerprint density at radius 3 is 2.08 bits per heavy atom. The van der Waals surface area contributed by atoms with Crippen LogP contribution in [-0.4, -0.2) is 23.5 Å². The van der Waals surface area contributed by atoms with Crippen molar-refractivity contribution < 1.29 is 0 Å². The molecule has 0 heterocycles. The van der Waals surface area contributed by atoms with Gasteiger partial charge < -0.3 is 0 Å². The quantitative estimate of drug-likeness (QED) is 0.590. The van der Waals surface area contributed by atoms with Crippen molar-refractivity contribution in [1.82, 2.24) is 4.90 Å². The molecule has 78 valence electrons. The van der Waals surface area contributed by atoms with Gasteiger partial charge in [-0.05, 0) is 47.1 Å². The lowest BCUT2D eigenvalue weighted by molar-refractivity contribution is 0.138. The van der Waals surface area contributed by atoms with Gasteiger partial charge in [-0.1, -0.05) is 12.5 Å². The van der Waals surface area contributed by atoms with Gasteiger partial charge in [0, 0.05) is 12.1 Å². The third-order valence-corrected chi connectivity index (χ3v) is 2.25. The van der Waals surface area contributed by atoms with Crippen LogP contribution in [0.5, 0.6) is 0 Å². The molecule has 0 aliphatic carbocycles. The minimum Gasteiger partial charge on any atom is -0.298 e. The first-order valence-electron chi connectivity index (χ1n) is 5.27. The summed E-state index contributed by atoms with van der Waals surface area (Å²) in [5, 5.41) is 0.